The summed E-state index contributed by atoms with van der Waals surface area (Å²) in [7, 11) is 0. The third kappa shape index (κ3) is 7.80. The Labute approximate surface area is 262 Å². The van der Waals surface area contributed by atoms with E-state index in [0.29, 0.717) is 52.7 Å². The normalized spacial score (nSPS) is 17.7. The van der Waals surface area contributed by atoms with Gasteiger partial charge in [-0.15, -0.1) is 0 Å². The van der Waals surface area contributed by atoms with Gasteiger partial charge in [0.25, 0.3) is 0 Å². The zero-order chi connectivity index (χ0) is 31.2. The molecule has 5 rings (SSSR count). The van der Waals surface area contributed by atoms with E-state index in [1.807, 2.05) is 19.1 Å². The van der Waals surface area contributed by atoms with E-state index in [1.54, 1.807) is 24.4 Å². The molecule has 9 nitrogen and oxygen atoms in total. The summed E-state index contributed by atoms with van der Waals surface area (Å²) >= 11 is 6.26. The molecule has 1 fully saturated rings. The van der Waals surface area contributed by atoms with Crippen molar-refractivity contribution in [1.29, 1.82) is 5.41 Å². The average Bonchev–Trinajstić information content (AvgIpc) is 3.43. The van der Waals surface area contributed by atoms with Gasteiger partial charge in [0.15, 0.2) is 5.82 Å². The molecule has 0 aliphatic carbocycles. The number of halogens is 2. The minimum Gasteiger partial charge on any atom is -0.339 e. The smallest absolute Gasteiger partial charge is 0.339 e. The molecule has 0 saturated carbocycles. The van der Waals surface area contributed by atoms with Gasteiger partial charge in [-0.3, -0.25) is 4.57 Å². The maximum absolute atomic E-state index is 15.1. The van der Waals surface area contributed by atoms with E-state index in [0.717, 1.165) is 57.2 Å². The summed E-state index contributed by atoms with van der Waals surface area (Å²) in [6.07, 6.45) is 8.16. The van der Waals surface area contributed by atoms with Crippen molar-refractivity contribution < 1.29 is 4.39 Å². The van der Waals surface area contributed by atoms with Gasteiger partial charge in [0.1, 0.15) is 5.65 Å². The Kier molecular flexibility index (Phi) is 10.6. The van der Waals surface area contributed by atoms with Gasteiger partial charge in [0.2, 0.25) is 0 Å². The van der Waals surface area contributed by atoms with E-state index in [9.17, 15) is 4.79 Å². The van der Waals surface area contributed by atoms with Gasteiger partial charge in [-0.05, 0) is 93.3 Å². The zero-order valence-corrected chi connectivity index (χ0v) is 25.9. The first-order chi connectivity index (χ1) is 21.2. The van der Waals surface area contributed by atoms with Crippen LogP contribution in [-0.4, -0.2) is 52.0 Å². The molecule has 1 aliphatic heterocycles. The molecule has 8 N–H and O–H groups in total. The van der Waals surface area contributed by atoms with Crippen LogP contribution in [0.25, 0.3) is 28.0 Å². The fourth-order valence-electron chi connectivity index (χ4n) is 5.87. The van der Waals surface area contributed by atoms with Crippen LogP contribution in [0.2, 0.25) is 5.02 Å². The van der Waals surface area contributed by atoms with E-state index in [-0.39, 0.29) is 17.1 Å². The number of nitrogens with two attached hydrogens (primary N) is 2. The Morgan fingerprint density at radius 3 is 2.80 bits per heavy atom. The number of hydrogen-bond donors (Lipinski definition) is 6. The fraction of sp³-hybridized carbons (Fsp3) is 0.424. The second-order valence-electron chi connectivity index (χ2n) is 11.9. The number of nitrogens with one attached hydrogen (secondary N) is 4. The third-order valence-electron chi connectivity index (χ3n) is 8.31. The Hall–Kier alpha value is -3.41. The van der Waals surface area contributed by atoms with Crippen LogP contribution in [0.5, 0.6) is 0 Å². The van der Waals surface area contributed by atoms with E-state index < -0.39 is 11.5 Å². The number of fused-ring (bicyclic) bond motifs is 1. The summed E-state index contributed by atoms with van der Waals surface area (Å²) in [4.78, 5) is 20.4. The van der Waals surface area contributed by atoms with Gasteiger partial charge in [-0.2, -0.15) is 4.98 Å². The molecule has 3 atom stereocenters. The van der Waals surface area contributed by atoms with Crippen molar-refractivity contribution in [2.45, 2.75) is 70.0 Å². The van der Waals surface area contributed by atoms with Crippen LogP contribution in [0.1, 0.15) is 62.6 Å². The van der Waals surface area contributed by atoms with Gasteiger partial charge in [0, 0.05) is 60.6 Å². The highest BCUT2D eigenvalue weighted by Gasteiger charge is 2.22. The number of H-pyrrole nitrogens is 1. The highest BCUT2D eigenvalue weighted by molar-refractivity contribution is 6.31. The first-order valence-corrected chi connectivity index (χ1v) is 15.8. The number of benzene rings is 2. The van der Waals surface area contributed by atoms with Gasteiger partial charge in [0.05, 0.1) is 16.4 Å². The summed E-state index contributed by atoms with van der Waals surface area (Å²) in [5, 5.41) is 15.6. The van der Waals surface area contributed by atoms with Crippen LogP contribution in [0.3, 0.4) is 0 Å². The van der Waals surface area contributed by atoms with Crippen molar-refractivity contribution in [3.05, 3.63) is 81.1 Å². The van der Waals surface area contributed by atoms with Crippen molar-refractivity contribution in [2.24, 2.45) is 11.5 Å². The fourth-order valence-corrected chi connectivity index (χ4v) is 6.11. The predicted molar refractivity (Wildman–Crippen MR) is 176 cm³/mol. The van der Waals surface area contributed by atoms with Crippen LogP contribution in [0.4, 0.5) is 4.39 Å². The maximum atomic E-state index is 15.1. The third-order valence-corrected chi connectivity index (χ3v) is 8.58. The van der Waals surface area contributed by atoms with Gasteiger partial charge >= 0.3 is 5.69 Å². The topological polar surface area (TPSA) is 151 Å². The summed E-state index contributed by atoms with van der Waals surface area (Å²) < 4.78 is 16.6. The number of hydrogen-bond acceptors (Lipinski definition) is 7. The number of aromatic amines is 1. The molecule has 1 saturated heterocycles. The SMILES string of the molecule is C[C@H](N)CCCc1cc(Cl)c(F)c(-c2cc3cn(-c4ccc([C@@H]5CCC[C@@H](CNCCC(=N)CN)N5)cc4)c(=O)nc3[nH]2)c1. The van der Waals surface area contributed by atoms with Crippen LogP contribution >= 0.6 is 11.6 Å². The van der Waals surface area contributed by atoms with E-state index in [1.165, 1.54) is 10.1 Å². The lowest BCUT2D eigenvalue weighted by molar-refractivity contribution is 0.316. The molecule has 2 aromatic carbocycles. The van der Waals surface area contributed by atoms with E-state index in [2.05, 4.69) is 32.7 Å². The Morgan fingerprint density at radius 1 is 1.25 bits per heavy atom. The molecule has 0 bridgehead atoms. The first-order valence-electron chi connectivity index (χ1n) is 15.4. The van der Waals surface area contributed by atoms with Gasteiger partial charge in [-0.25, -0.2) is 9.18 Å². The van der Waals surface area contributed by atoms with Crippen LogP contribution in [0.15, 0.2) is 53.5 Å². The lowest BCUT2D eigenvalue weighted by Crippen LogP contribution is -2.43. The van der Waals surface area contributed by atoms with Crippen molar-refractivity contribution >= 4 is 28.3 Å². The summed E-state index contributed by atoms with van der Waals surface area (Å²) in [6, 6.07) is 13.9. The molecule has 4 aromatic rings. The molecule has 234 valence electrons. The molecular weight excluding hydrogens is 579 g/mol. The highest BCUT2D eigenvalue weighted by atomic mass is 35.5. The van der Waals surface area contributed by atoms with Crippen LogP contribution < -0.4 is 27.8 Å². The largest absolute Gasteiger partial charge is 0.354 e. The molecule has 0 radical (unpaired) electrons. The quantitative estimate of drug-likeness (QED) is 0.0916. The molecule has 0 unspecified atom stereocenters. The summed E-state index contributed by atoms with van der Waals surface area (Å²) in [6.45, 7) is 3.88. The number of aromatic nitrogens is 3. The molecule has 3 heterocycles. The van der Waals surface area contributed by atoms with Gasteiger partial charge in [-0.1, -0.05) is 23.7 Å². The minimum atomic E-state index is -0.513. The first kappa shape index (κ1) is 32.0. The van der Waals surface area contributed by atoms with Crippen molar-refractivity contribution in [3.63, 3.8) is 0 Å². The van der Waals surface area contributed by atoms with Crippen LogP contribution in [-0.2, 0) is 6.42 Å². The zero-order valence-electron chi connectivity index (χ0n) is 25.1. The maximum Gasteiger partial charge on any atom is 0.354 e. The molecule has 44 heavy (non-hydrogen) atoms. The number of rotatable bonds is 13. The number of aryl methyl sites for hydroxylation is 1. The molecular formula is C33H42ClFN8O. The molecule has 0 spiro atoms. The highest BCUT2D eigenvalue weighted by Crippen LogP contribution is 2.32. The van der Waals surface area contributed by atoms with Crippen molar-refractivity contribution in [2.75, 3.05) is 19.6 Å². The summed E-state index contributed by atoms with van der Waals surface area (Å²) in [5.41, 5.74) is 15.6. The molecule has 0 amide bonds. The van der Waals surface area contributed by atoms with Crippen molar-refractivity contribution in [3.8, 4) is 16.9 Å². The lowest BCUT2D eigenvalue weighted by Gasteiger charge is -2.31. The van der Waals surface area contributed by atoms with Crippen LogP contribution in [0, 0.1) is 11.2 Å². The molecule has 1 aliphatic rings. The molecule has 11 heteroatoms. The Balaban J connectivity index is 1.30. The van der Waals surface area contributed by atoms with Crippen molar-refractivity contribution in [1.82, 2.24) is 25.2 Å². The predicted octanol–water partition coefficient (Wildman–Crippen LogP) is 4.98. The lowest BCUT2D eigenvalue weighted by atomic mass is 9.93. The standard InChI is InChI=1S/C33H42ClFN8O/c1-20(37)4-2-5-21-14-27(31(35)28(34)15-21)30-16-23-19-43(33(44)42-32(23)41-30)26-10-8-22(9-11-26)29-7-3-6-25(40-29)18-39-13-12-24(38)17-36/h8-11,14-16,19-20,25,29,38-40H,2-7,12-13,17-18,36-37H2,1H3,(H,41,42,44)/t20-,25-,29-/m0/s1. The minimum absolute atomic E-state index is 0.0588. The number of piperidine rings is 1. The molecule has 2 aromatic heterocycles. The number of nitrogens with zero attached hydrogens (tertiary/aromatic N) is 2. The average molecular weight is 621 g/mol. The second-order valence-corrected chi connectivity index (χ2v) is 12.3. The summed E-state index contributed by atoms with van der Waals surface area (Å²) in [5.74, 6) is -0.513. The van der Waals surface area contributed by atoms with Gasteiger partial charge < -0.3 is 32.5 Å². The second kappa shape index (κ2) is 14.6. The monoisotopic (exact) mass is 620 g/mol. The Bertz CT molecular complexity index is 1650. The van der Waals surface area contributed by atoms with E-state index >= 15 is 4.39 Å². The Morgan fingerprint density at radius 2 is 2.05 bits per heavy atom. The van der Waals surface area contributed by atoms with E-state index in [4.69, 9.17) is 28.5 Å².